The Hall–Kier alpha value is -2.82. The SMILES string of the molecule is CCC1=C(c2ccc(O)cc2)N=NC1(c1ccc(O)cc1)c1ccc(Cl)c(Cl)c1. The maximum atomic E-state index is 9.79. The fraction of sp³-hybridized carbons (Fsp3) is 0.130. The second-order valence-electron chi connectivity index (χ2n) is 6.81. The molecule has 0 radical (unpaired) electrons. The third kappa shape index (κ3) is 3.28. The van der Waals surface area contributed by atoms with E-state index in [0.717, 1.165) is 28.0 Å². The average molecular weight is 425 g/mol. The minimum atomic E-state index is -0.885. The van der Waals surface area contributed by atoms with Crippen molar-refractivity contribution in [2.75, 3.05) is 0 Å². The van der Waals surface area contributed by atoms with E-state index in [4.69, 9.17) is 28.3 Å². The summed E-state index contributed by atoms with van der Waals surface area (Å²) < 4.78 is 0. The van der Waals surface area contributed by atoms with Crippen LogP contribution in [0.25, 0.3) is 5.70 Å². The standard InChI is InChI=1S/C23H18Cl2N2O2/c1-2-19-22(14-3-8-17(28)9-4-14)26-27-23(19,15-5-10-18(29)11-6-15)16-7-12-20(24)21(25)13-16/h3-13,28-29H,2H2,1H3. The van der Waals surface area contributed by atoms with Gasteiger partial charge in [0.05, 0.1) is 15.7 Å². The predicted molar refractivity (Wildman–Crippen MR) is 116 cm³/mol. The minimum Gasteiger partial charge on any atom is -0.508 e. The summed E-state index contributed by atoms with van der Waals surface area (Å²) >= 11 is 12.5. The normalized spacial score (nSPS) is 18.4. The summed E-state index contributed by atoms with van der Waals surface area (Å²) in [6.45, 7) is 2.05. The van der Waals surface area contributed by atoms with E-state index < -0.39 is 5.54 Å². The van der Waals surface area contributed by atoms with E-state index in [1.807, 2.05) is 36.4 Å². The van der Waals surface area contributed by atoms with E-state index in [9.17, 15) is 10.2 Å². The van der Waals surface area contributed by atoms with Crippen molar-refractivity contribution in [1.29, 1.82) is 0 Å². The minimum absolute atomic E-state index is 0.175. The number of rotatable bonds is 4. The highest BCUT2D eigenvalue weighted by Crippen LogP contribution is 2.51. The largest absolute Gasteiger partial charge is 0.508 e. The Bertz CT molecular complexity index is 1120. The van der Waals surface area contributed by atoms with Gasteiger partial charge in [0.25, 0.3) is 0 Å². The molecule has 3 aromatic carbocycles. The summed E-state index contributed by atoms with van der Waals surface area (Å²) in [6.07, 6.45) is 0.685. The Kier molecular flexibility index (Phi) is 5.07. The van der Waals surface area contributed by atoms with Crippen LogP contribution in [0.15, 0.2) is 82.5 Å². The number of phenols is 2. The van der Waals surface area contributed by atoms with Crippen molar-refractivity contribution in [3.05, 3.63) is 99.0 Å². The first kappa shape index (κ1) is 19.5. The highest BCUT2D eigenvalue weighted by atomic mass is 35.5. The topological polar surface area (TPSA) is 65.2 Å². The molecule has 0 saturated carbocycles. The zero-order chi connectivity index (χ0) is 20.6. The summed E-state index contributed by atoms with van der Waals surface area (Å²) in [5, 5.41) is 29.6. The maximum absolute atomic E-state index is 9.79. The summed E-state index contributed by atoms with van der Waals surface area (Å²) in [6, 6.07) is 19.3. The molecule has 0 aromatic heterocycles. The molecule has 6 heteroatoms. The summed E-state index contributed by atoms with van der Waals surface area (Å²) in [7, 11) is 0. The number of azo groups is 1. The quantitative estimate of drug-likeness (QED) is 0.476. The molecule has 2 N–H and O–H groups in total. The number of phenolic OH excluding ortho intramolecular Hbond substituents is 2. The van der Waals surface area contributed by atoms with Crippen molar-refractivity contribution in [2.45, 2.75) is 18.9 Å². The van der Waals surface area contributed by atoms with E-state index in [2.05, 4.69) is 12.0 Å². The fourth-order valence-electron chi connectivity index (χ4n) is 3.75. The monoisotopic (exact) mass is 424 g/mol. The van der Waals surface area contributed by atoms with Crippen molar-refractivity contribution in [1.82, 2.24) is 0 Å². The second kappa shape index (κ2) is 7.54. The zero-order valence-corrected chi connectivity index (χ0v) is 17.1. The fourth-order valence-corrected chi connectivity index (χ4v) is 4.04. The average Bonchev–Trinajstić information content (AvgIpc) is 3.11. The first-order chi connectivity index (χ1) is 14.0. The van der Waals surface area contributed by atoms with Crippen LogP contribution in [-0.4, -0.2) is 10.2 Å². The Labute approximate surface area is 178 Å². The molecule has 0 aliphatic carbocycles. The Morgan fingerprint density at radius 1 is 0.793 bits per heavy atom. The summed E-state index contributed by atoms with van der Waals surface area (Å²) in [5.41, 5.74) is 3.43. The van der Waals surface area contributed by atoms with E-state index in [0.29, 0.717) is 16.5 Å². The smallest absolute Gasteiger partial charge is 0.155 e. The van der Waals surface area contributed by atoms with Crippen LogP contribution < -0.4 is 0 Å². The van der Waals surface area contributed by atoms with Crippen LogP contribution in [0.4, 0.5) is 0 Å². The molecule has 0 spiro atoms. The molecule has 146 valence electrons. The van der Waals surface area contributed by atoms with Gasteiger partial charge in [-0.25, -0.2) is 0 Å². The predicted octanol–water partition coefficient (Wildman–Crippen LogP) is 6.94. The lowest BCUT2D eigenvalue weighted by molar-refractivity contribution is 0.474. The Morgan fingerprint density at radius 2 is 1.38 bits per heavy atom. The van der Waals surface area contributed by atoms with Gasteiger partial charge < -0.3 is 10.2 Å². The molecule has 1 aliphatic rings. The molecule has 4 nitrogen and oxygen atoms in total. The lowest BCUT2D eigenvalue weighted by Crippen LogP contribution is -2.26. The highest BCUT2D eigenvalue weighted by Gasteiger charge is 2.43. The van der Waals surface area contributed by atoms with Crippen LogP contribution in [0.3, 0.4) is 0 Å². The third-order valence-electron chi connectivity index (χ3n) is 5.14. The van der Waals surface area contributed by atoms with Crippen LogP contribution in [0.1, 0.15) is 30.0 Å². The molecule has 0 bridgehead atoms. The molecule has 1 atom stereocenters. The van der Waals surface area contributed by atoms with Crippen molar-refractivity contribution < 1.29 is 10.2 Å². The van der Waals surface area contributed by atoms with E-state index >= 15 is 0 Å². The Morgan fingerprint density at radius 3 is 1.97 bits per heavy atom. The van der Waals surface area contributed by atoms with Crippen LogP contribution in [-0.2, 0) is 5.54 Å². The molecular formula is C23H18Cl2N2O2. The zero-order valence-electron chi connectivity index (χ0n) is 15.6. The first-order valence-corrected chi connectivity index (χ1v) is 9.92. The maximum Gasteiger partial charge on any atom is 0.155 e. The van der Waals surface area contributed by atoms with Gasteiger partial charge in [-0.3, -0.25) is 0 Å². The molecule has 0 saturated heterocycles. The summed E-state index contributed by atoms with van der Waals surface area (Å²) in [4.78, 5) is 0. The van der Waals surface area contributed by atoms with Crippen LogP contribution in [0.5, 0.6) is 11.5 Å². The van der Waals surface area contributed by atoms with Crippen molar-refractivity contribution in [2.24, 2.45) is 10.2 Å². The van der Waals surface area contributed by atoms with Crippen molar-refractivity contribution in [3.63, 3.8) is 0 Å². The molecule has 4 rings (SSSR count). The highest BCUT2D eigenvalue weighted by molar-refractivity contribution is 6.42. The van der Waals surface area contributed by atoms with Gasteiger partial charge in [0.15, 0.2) is 5.54 Å². The molecule has 0 amide bonds. The number of aromatic hydroxyl groups is 2. The lowest BCUT2D eigenvalue weighted by atomic mass is 9.75. The number of nitrogens with zero attached hydrogens (tertiary/aromatic N) is 2. The van der Waals surface area contributed by atoms with Gasteiger partial charge in [0.1, 0.15) is 11.5 Å². The Balaban J connectivity index is 2.00. The first-order valence-electron chi connectivity index (χ1n) is 9.16. The third-order valence-corrected chi connectivity index (χ3v) is 5.88. The second-order valence-corrected chi connectivity index (χ2v) is 7.63. The van der Waals surface area contributed by atoms with Gasteiger partial charge >= 0.3 is 0 Å². The van der Waals surface area contributed by atoms with Gasteiger partial charge in [-0.15, -0.1) is 0 Å². The van der Waals surface area contributed by atoms with E-state index in [1.54, 1.807) is 30.3 Å². The number of hydrogen-bond acceptors (Lipinski definition) is 4. The molecule has 0 fully saturated rings. The molecule has 1 aliphatic heterocycles. The lowest BCUT2D eigenvalue weighted by Gasteiger charge is -2.30. The van der Waals surface area contributed by atoms with Gasteiger partial charge in [0, 0.05) is 5.56 Å². The number of benzene rings is 3. The van der Waals surface area contributed by atoms with Crippen molar-refractivity contribution >= 4 is 28.9 Å². The van der Waals surface area contributed by atoms with Gasteiger partial charge in [-0.1, -0.05) is 48.3 Å². The van der Waals surface area contributed by atoms with Crippen LogP contribution in [0.2, 0.25) is 10.0 Å². The molecule has 29 heavy (non-hydrogen) atoms. The van der Waals surface area contributed by atoms with Gasteiger partial charge in [-0.05, 0) is 71.7 Å². The van der Waals surface area contributed by atoms with E-state index in [-0.39, 0.29) is 11.5 Å². The van der Waals surface area contributed by atoms with Crippen LogP contribution in [0, 0.1) is 0 Å². The molecule has 1 heterocycles. The van der Waals surface area contributed by atoms with Crippen LogP contribution >= 0.6 is 23.2 Å². The van der Waals surface area contributed by atoms with Gasteiger partial charge in [0.2, 0.25) is 0 Å². The molecule has 1 unspecified atom stereocenters. The number of halogens is 2. The van der Waals surface area contributed by atoms with Crippen molar-refractivity contribution in [3.8, 4) is 11.5 Å². The van der Waals surface area contributed by atoms with E-state index in [1.165, 1.54) is 0 Å². The molecule has 3 aromatic rings. The number of hydrogen-bond donors (Lipinski definition) is 2. The van der Waals surface area contributed by atoms with Gasteiger partial charge in [-0.2, -0.15) is 10.2 Å². The molecular weight excluding hydrogens is 407 g/mol. The summed E-state index contributed by atoms with van der Waals surface area (Å²) in [5.74, 6) is 0.366.